The molecule has 0 radical (unpaired) electrons. The summed E-state index contributed by atoms with van der Waals surface area (Å²) >= 11 is 0. The predicted molar refractivity (Wildman–Crippen MR) is 124 cm³/mol. The topological polar surface area (TPSA) is 52.1 Å². The Morgan fingerprint density at radius 3 is 2.52 bits per heavy atom. The number of para-hydroxylation sites is 1. The van der Waals surface area contributed by atoms with Crippen molar-refractivity contribution in [2.24, 2.45) is 10.9 Å². The molecule has 1 aliphatic heterocycles. The van der Waals surface area contributed by atoms with Gasteiger partial charge in [-0.3, -0.25) is 4.99 Å². The van der Waals surface area contributed by atoms with Crippen LogP contribution in [0.4, 0.5) is 0 Å². The van der Waals surface area contributed by atoms with Crippen molar-refractivity contribution in [1.82, 2.24) is 20.4 Å². The molecule has 2 rings (SSSR count). The van der Waals surface area contributed by atoms with Crippen LogP contribution in [0, 0.1) is 5.92 Å². The molecule has 0 amide bonds. The maximum Gasteiger partial charge on any atom is 0.191 e. The van der Waals surface area contributed by atoms with E-state index in [9.17, 15) is 0 Å². The Morgan fingerprint density at radius 2 is 1.85 bits per heavy atom. The molecule has 0 aromatic heterocycles. The first-order chi connectivity index (χ1) is 12.7. The second kappa shape index (κ2) is 14.0. The molecule has 0 bridgehead atoms. The summed E-state index contributed by atoms with van der Waals surface area (Å²) in [6.07, 6.45) is 0. The Morgan fingerprint density at radius 1 is 1.15 bits per heavy atom. The highest BCUT2D eigenvalue weighted by molar-refractivity contribution is 14.0. The van der Waals surface area contributed by atoms with E-state index in [0.29, 0.717) is 12.5 Å². The van der Waals surface area contributed by atoms with E-state index in [4.69, 9.17) is 9.73 Å². The lowest BCUT2D eigenvalue weighted by Gasteiger charge is -2.33. The SMILES string of the molecule is CCNC(=NCC(C)CN1CCN(C)CC1)NCCOc1ccccc1.I. The van der Waals surface area contributed by atoms with E-state index in [0.717, 1.165) is 37.9 Å². The highest BCUT2D eigenvalue weighted by atomic mass is 127. The second-order valence-corrected chi connectivity index (χ2v) is 7.02. The minimum Gasteiger partial charge on any atom is -0.492 e. The van der Waals surface area contributed by atoms with Gasteiger partial charge in [0.1, 0.15) is 12.4 Å². The van der Waals surface area contributed by atoms with Crippen LogP contribution >= 0.6 is 24.0 Å². The lowest BCUT2D eigenvalue weighted by molar-refractivity contribution is 0.140. The third-order valence-corrected chi connectivity index (χ3v) is 4.48. The van der Waals surface area contributed by atoms with Crippen molar-refractivity contribution in [3.8, 4) is 5.75 Å². The van der Waals surface area contributed by atoms with Crippen LogP contribution in [0.1, 0.15) is 13.8 Å². The van der Waals surface area contributed by atoms with Crippen molar-refractivity contribution in [2.45, 2.75) is 13.8 Å². The molecule has 2 N–H and O–H groups in total. The first kappa shape index (κ1) is 24.0. The van der Waals surface area contributed by atoms with Crippen LogP contribution in [0.2, 0.25) is 0 Å². The van der Waals surface area contributed by atoms with Crippen molar-refractivity contribution in [1.29, 1.82) is 0 Å². The molecule has 1 aliphatic rings. The van der Waals surface area contributed by atoms with Gasteiger partial charge in [-0.15, -0.1) is 24.0 Å². The van der Waals surface area contributed by atoms with E-state index in [2.05, 4.69) is 41.3 Å². The number of ether oxygens (including phenoxy) is 1. The summed E-state index contributed by atoms with van der Waals surface area (Å²) in [4.78, 5) is 9.68. The number of aliphatic imine (C=N–C) groups is 1. The van der Waals surface area contributed by atoms with Crippen LogP contribution in [0.3, 0.4) is 0 Å². The molecule has 1 fully saturated rings. The molecule has 1 heterocycles. The molecule has 0 spiro atoms. The van der Waals surface area contributed by atoms with Gasteiger partial charge in [0.15, 0.2) is 5.96 Å². The van der Waals surface area contributed by atoms with Crippen molar-refractivity contribution in [2.75, 3.05) is 66.0 Å². The normalized spacial score (nSPS) is 17.1. The first-order valence-electron chi connectivity index (χ1n) is 9.78. The molecular weight excluding hydrogens is 453 g/mol. The summed E-state index contributed by atoms with van der Waals surface area (Å²) in [6.45, 7) is 13.2. The fraction of sp³-hybridized carbons (Fsp3) is 0.650. The fourth-order valence-corrected chi connectivity index (χ4v) is 2.97. The molecule has 1 aromatic rings. The second-order valence-electron chi connectivity index (χ2n) is 7.02. The molecule has 1 unspecified atom stereocenters. The van der Waals surface area contributed by atoms with Crippen molar-refractivity contribution < 1.29 is 4.74 Å². The maximum absolute atomic E-state index is 5.71. The van der Waals surface area contributed by atoms with Crippen LogP contribution in [0.15, 0.2) is 35.3 Å². The molecule has 7 heteroatoms. The van der Waals surface area contributed by atoms with E-state index < -0.39 is 0 Å². The van der Waals surface area contributed by atoms with E-state index in [-0.39, 0.29) is 24.0 Å². The van der Waals surface area contributed by atoms with E-state index in [1.54, 1.807) is 0 Å². The van der Waals surface area contributed by atoms with Crippen LogP contribution in [-0.4, -0.2) is 81.8 Å². The van der Waals surface area contributed by atoms with Gasteiger partial charge in [-0.25, -0.2) is 0 Å². The Labute approximate surface area is 181 Å². The average Bonchev–Trinajstić information content (AvgIpc) is 2.66. The summed E-state index contributed by atoms with van der Waals surface area (Å²) in [6, 6.07) is 9.90. The number of guanidine groups is 1. The molecule has 0 aliphatic carbocycles. The zero-order valence-electron chi connectivity index (χ0n) is 17.0. The summed E-state index contributed by atoms with van der Waals surface area (Å²) in [7, 11) is 2.20. The van der Waals surface area contributed by atoms with Crippen LogP contribution in [0.5, 0.6) is 5.75 Å². The monoisotopic (exact) mass is 489 g/mol. The number of hydrogen-bond acceptors (Lipinski definition) is 4. The zero-order chi connectivity index (χ0) is 18.6. The molecule has 1 atom stereocenters. The highest BCUT2D eigenvalue weighted by Crippen LogP contribution is 2.07. The molecule has 154 valence electrons. The van der Waals surface area contributed by atoms with Crippen molar-refractivity contribution >= 4 is 29.9 Å². The number of rotatable bonds is 9. The number of halogens is 1. The van der Waals surface area contributed by atoms with E-state index in [1.165, 1.54) is 26.2 Å². The standard InChI is InChI=1S/C20H35N5O.HI/c1-4-21-20(22-10-15-26-19-8-6-5-7-9-19)23-16-18(2)17-25-13-11-24(3)12-14-25;/h5-9,18H,4,10-17H2,1-3H3,(H2,21,22,23);1H. The number of hydrogen-bond donors (Lipinski definition) is 2. The number of nitrogens with one attached hydrogen (secondary N) is 2. The number of likely N-dealkylation sites (N-methyl/N-ethyl adjacent to an activating group) is 1. The minimum atomic E-state index is 0. The van der Waals surface area contributed by atoms with Gasteiger partial charge in [0.2, 0.25) is 0 Å². The van der Waals surface area contributed by atoms with Gasteiger partial charge in [-0.2, -0.15) is 0 Å². The van der Waals surface area contributed by atoms with Crippen LogP contribution in [0.25, 0.3) is 0 Å². The Balaban J connectivity index is 0.00000364. The van der Waals surface area contributed by atoms with Crippen molar-refractivity contribution in [3.63, 3.8) is 0 Å². The van der Waals surface area contributed by atoms with Gasteiger partial charge in [0.05, 0.1) is 6.54 Å². The number of nitrogens with zero attached hydrogens (tertiary/aromatic N) is 3. The lowest BCUT2D eigenvalue weighted by atomic mass is 10.1. The molecule has 0 saturated carbocycles. The summed E-state index contributed by atoms with van der Waals surface area (Å²) < 4.78 is 5.71. The smallest absolute Gasteiger partial charge is 0.191 e. The number of piperazine rings is 1. The summed E-state index contributed by atoms with van der Waals surface area (Å²) in [5, 5.41) is 6.66. The van der Waals surface area contributed by atoms with Gasteiger partial charge < -0.3 is 25.2 Å². The minimum absolute atomic E-state index is 0. The molecule has 1 aromatic carbocycles. The Hall–Kier alpha value is -1.06. The molecule has 6 nitrogen and oxygen atoms in total. The summed E-state index contributed by atoms with van der Waals surface area (Å²) in [5.41, 5.74) is 0. The molecule has 27 heavy (non-hydrogen) atoms. The van der Waals surface area contributed by atoms with E-state index >= 15 is 0 Å². The van der Waals surface area contributed by atoms with Gasteiger partial charge in [0.25, 0.3) is 0 Å². The lowest BCUT2D eigenvalue weighted by Crippen LogP contribution is -2.46. The quantitative estimate of drug-likeness (QED) is 0.241. The van der Waals surface area contributed by atoms with Crippen LogP contribution in [-0.2, 0) is 0 Å². The zero-order valence-corrected chi connectivity index (χ0v) is 19.3. The fourth-order valence-electron chi connectivity index (χ4n) is 2.97. The highest BCUT2D eigenvalue weighted by Gasteiger charge is 2.15. The van der Waals surface area contributed by atoms with Gasteiger partial charge >= 0.3 is 0 Å². The average molecular weight is 489 g/mol. The van der Waals surface area contributed by atoms with Gasteiger partial charge in [0, 0.05) is 45.8 Å². The molecular formula is C20H36IN5O. The van der Waals surface area contributed by atoms with Crippen molar-refractivity contribution in [3.05, 3.63) is 30.3 Å². The summed E-state index contributed by atoms with van der Waals surface area (Å²) in [5.74, 6) is 2.32. The Bertz CT molecular complexity index is 520. The molecule has 1 saturated heterocycles. The van der Waals surface area contributed by atoms with Gasteiger partial charge in [-0.1, -0.05) is 25.1 Å². The predicted octanol–water partition coefficient (Wildman–Crippen LogP) is 2.12. The Kier molecular flexibility index (Phi) is 12.4. The largest absolute Gasteiger partial charge is 0.492 e. The third kappa shape index (κ3) is 10.2. The maximum atomic E-state index is 5.71. The first-order valence-corrected chi connectivity index (χ1v) is 9.78. The number of benzene rings is 1. The van der Waals surface area contributed by atoms with E-state index in [1.807, 2.05) is 30.3 Å². The third-order valence-electron chi connectivity index (χ3n) is 4.48. The van der Waals surface area contributed by atoms with Gasteiger partial charge in [-0.05, 0) is 32.0 Å². The van der Waals surface area contributed by atoms with Crippen LogP contribution < -0.4 is 15.4 Å².